The molecule has 2 N–H and O–H groups in total. The number of likely N-dealkylation sites (N-methyl/N-ethyl adjacent to an activating group) is 1. The molecule has 3 rings (SSSR count). The Bertz CT molecular complexity index is 682. The fourth-order valence-corrected chi connectivity index (χ4v) is 3.13. The van der Waals surface area contributed by atoms with Crippen LogP contribution >= 0.6 is 0 Å². The van der Waals surface area contributed by atoms with E-state index in [9.17, 15) is 0 Å². The van der Waals surface area contributed by atoms with E-state index in [0.29, 0.717) is 19.8 Å². The highest BCUT2D eigenvalue weighted by molar-refractivity contribution is 5.94. The fourth-order valence-electron chi connectivity index (χ4n) is 3.13. The van der Waals surface area contributed by atoms with Gasteiger partial charge in [0.1, 0.15) is 0 Å². The lowest BCUT2D eigenvalue weighted by Crippen LogP contribution is -2.37. The number of hydrogen-bond acceptors (Lipinski definition) is 6. The van der Waals surface area contributed by atoms with Crippen molar-refractivity contribution >= 4 is 11.6 Å². The molecular formula is C23H38N4O4. The van der Waals surface area contributed by atoms with Crippen molar-refractivity contribution in [2.75, 3.05) is 78.7 Å². The molecule has 0 amide bonds. The van der Waals surface area contributed by atoms with Gasteiger partial charge in [0, 0.05) is 64.7 Å². The number of hydrogen-bond donors (Lipinski definition) is 2. The van der Waals surface area contributed by atoms with Crippen molar-refractivity contribution in [3.05, 3.63) is 18.2 Å². The SMILES string of the molecule is COCCN(C)CCNC(=NCCCOCC1CC1)Nc1ccc2c(c1)OCCCO2. The number of aliphatic imine (C=N–C) groups is 1. The van der Waals surface area contributed by atoms with Gasteiger partial charge in [-0.2, -0.15) is 0 Å². The number of nitrogens with one attached hydrogen (secondary N) is 2. The Morgan fingerprint density at radius 1 is 1.16 bits per heavy atom. The quantitative estimate of drug-likeness (QED) is 0.281. The molecule has 1 fully saturated rings. The predicted octanol–water partition coefficient (Wildman–Crippen LogP) is 2.60. The highest BCUT2D eigenvalue weighted by atomic mass is 16.5. The molecule has 0 atom stereocenters. The van der Waals surface area contributed by atoms with Crippen molar-refractivity contribution in [2.45, 2.75) is 25.7 Å². The monoisotopic (exact) mass is 434 g/mol. The van der Waals surface area contributed by atoms with E-state index in [0.717, 1.165) is 81.4 Å². The lowest BCUT2D eigenvalue weighted by atomic mass is 10.2. The zero-order valence-electron chi connectivity index (χ0n) is 19.0. The lowest BCUT2D eigenvalue weighted by Gasteiger charge is -2.18. The van der Waals surface area contributed by atoms with E-state index in [4.69, 9.17) is 23.9 Å². The first-order chi connectivity index (χ1) is 15.2. The molecule has 2 aliphatic rings. The van der Waals surface area contributed by atoms with Gasteiger partial charge < -0.3 is 34.5 Å². The maximum absolute atomic E-state index is 5.81. The van der Waals surface area contributed by atoms with Crippen LogP contribution in [0.1, 0.15) is 25.7 Å². The van der Waals surface area contributed by atoms with Gasteiger partial charge in [0.25, 0.3) is 0 Å². The third kappa shape index (κ3) is 9.33. The predicted molar refractivity (Wildman–Crippen MR) is 124 cm³/mol. The summed E-state index contributed by atoms with van der Waals surface area (Å²) in [6.45, 7) is 7.05. The number of rotatable bonds is 13. The first-order valence-corrected chi connectivity index (χ1v) is 11.4. The molecular weight excluding hydrogens is 396 g/mol. The smallest absolute Gasteiger partial charge is 0.195 e. The Balaban J connectivity index is 1.50. The largest absolute Gasteiger partial charge is 0.490 e. The van der Waals surface area contributed by atoms with Crippen LogP contribution in [0.2, 0.25) is 0 Å². The highest BCUT2D eigenvalue weighted by Gasteiger charge is 2.20. The van der Waals surface area contributed by atoms with Gasteiger partial charge in [0.2, 0.25) is 0 Å². The van der Waals surface area contributed by atoms with E-state index in [-0.39, 0.29) is 0 Å². The minimum absolute atomic E-state index is 0.671. The van der Waals surface area contributed by atoms with Crippen LogP contribution in [0, 0.1) is 5.92 Å². The van der Waals surface area contributed by atoms with E-state index in [1.807, 2.05) is 18.2 Å². The summed E-state index contributed by atoms with van der Waals surface area (Å²) in [5.74, 6) is 3.13. The van der Waals surface area contributed by atoms with Gasteiger partial charge in [0.15, 0.2) is 17.5 Å². The average Bonchev–Trinajstić information content (AvgIpc) is 3.61. The topological polar surface area (TPSA) is 76.6 Å². The van der Waals surface area contributed by atoms with Gasteiger partial charge in [-0.15, -0.1) is 0 Å². The van der Waals surface area contributed by atoms with E-state index in [1.54, 1.807) is 7.11 Å². The Kier molecular flexibility index (Phi) is 10.2. The molecule has 31 heavy (non-hydrogen) atoms. The third-order valence-electron chi connectivity index (χ3n) is 5.24. The van der Waals surface area contributed by atoms with Gasteiger partial charge in [-0.1, -0.05) is 0 Å². The molecule has 1 aliphatic heterocycles. The summed E-state index contributed by atoms with van der Waals surface area (Å²) in [7, 11) is 3.82. The van der Waals surface area contributed by atoms with E-state index in [1.165, 1.54) is 12.8 Å². The van der Waals surface area contributed by atoms with Crippen molar-refractivity contribution in [2.24, 2.45) is 10.9 Å². The van der Waals surface area contributed by atoms with Gasteiger partial charge in [-0.05, 0) is 44.4 Å². The summed E-state index contributed by atoms with van der Waals surface area (Å²) in [6, 6.07) is 5.92. The normalized spacial score (nSPS) is 16.3. The third-order valence-corrected chi connectivity index (χ3v) is 5.24. The molecule has 1 aromatic carbocycles. The highest BCUT2D eigenvalue weighted by Crippen LogP contribution is 2.32. The molecule has 0 spiro atoms. The van der Waals surface area contributed by atoms with Crippen molar-refractivity contribution in [1.82, 2.24) is 10.2 Å². The second-order valence-corrected chi connectivity index (χ2v) is 8.16. The molecule has 1 heterocycles. The Morgan fingerprint density at radius 2 is 2.00 bits per heavy atom. The molecule has 1 aliphatic carbocycles. The molecule has 0 radical (unpaired) electrons. The standard InChI is InChI=1S/C23H38N4O4/c1-27(12-16-28-2)11-10-25-23(24-9-3-13-29-18-19-5-6-19)26-20-7-8-21-22(17-20)31-15-4-14-30-21/h7-8,17,19H,3-6,9-16,18H2,1-2H3,(H2,24,25,26). The van der Waals surface area contributed by atoms with Crippen molar-refractivity contribution in [3.63, 3.8) is 0 Å². The summed E-state index contributed by atoms with van der Waals surface area (Å²) in [5, 5.41) is 6.84. The number of nitrogens with zero attached hydrogens (tertiary/aromatic N) is 2. The lowest BCUT2D eigenvalue weighted by molar-refractivity contribution is 0.123. The van der Waals surface area contributed by atoms with Gasteiger partial charge in [0.05, 0.1) is 19.8 Å². The number of guanidine groups is 1. The van der Waals surface area contributed by atoms with Crippen molar-refractivity contribution in [3.8, 4) is 11.5 Å². The summed E-state index contributed by atoms with van der Waals surface area (Å²) in [5.41, 5.74) is 0.924. The van der Waals surface area contributed by atoms with Gasteiger partial charge in [-0.25, -0.2) is 0 Å². The minimum atomic E-state index is 0.671. The van der Waals surface area contributed by atoms with Crippen LogP contribution in [0.25, 0.3) is 0 Å². The maximum Gasteiger partial charge on any atom is 0.195 e. The zero-order chi connectivity index (χ0) is 21.7. The molecule has 8 nitrogen and oxygen atoms in total. The molecule has 174 valence electrons. The van der Waals surface area contributed by atoms with Gasteiger partial charge in [-0.3, -0.25) is 4.99 Å². The Hall–Kier alpha value is -2.03. The van der Waals surface area contributed by atoms with Crippen LogP contribution in [-0.2, 0) is 9.47 Å². The fraction of sp³-hybridized carbons (Fsp3) is 0.696. The first kappa shape index (κ1) is 23.6. The Labute approximate surface area is 186 Å². The molecule has 0 aromatic heterocycles. The molecule has 8 heteroatoms. The molecule has 0 bridgehead atoms. The van der Waals surface area contributed by atoms with E-state index >= 15 is 0 Å². The van der Waals surface area contributed by atoms with Crippen LogP contribution in [0.3, 0.4) is 0 Å². The molecule has 1 saturated carbocycles. The average molecular weight is 435 g/mol. The number of anilines is 1. The second kappa shape index (κ2) is 13.4. The molecule has 0 unspecified atom stereocenters. The number of benzene rings is 1. The van der Waals surface area contributed by atoms with E-state index < -0.39 is 0 Å². The summed E-state index contributed by atoms with van der Waals surface area (Å²) in [6.07, 6.45) is 4.45. The number of ether oxygens (including phenoxy) is 4. The Morgan fingerprint density at radius 3 is 2.81 bits per heavy atom. The van der Waals surface area contributed by atoms with Crippen LogP contribution in [0.15, 0.2) is 23.2 Å². The van der Waals surface area contributed by atoms with Crippen LogP contribution in [-0.4, -0.2) is 84.2 Å². The minimum Gasteiger partial charge on any atom is -0.490 e. The number of methoxy groups -OCH3 is 1. The maximum atomic E-state index is 5.81. The van der Waals surface area contributed by atoms with E-state index in [2.05, 4.69) is 22.6 Å². The molecule has 0 saturated heterocycles. The summed E-state index contributed by atoms with van der Waals surface area (Å²) >= 11 is 0. The zero-order valence-corrected chi connectivity index (χ0v) is 19.0. The van der Waals surface area contributed by atoms with Crippen molar-refractivity contribution in [1.29, 1.82) is 0 Å². The van der Waals surface area contributed by atoms with Crippen molar-refractivity contribution < 1.29 is 18.9 Å². The van der Waals surface area contributed by atoms with Crippen LogP contribution in [0.4, 0.5) is 5.69 Å². The van der Waals surface area contributed by atoms with Crippen LogP contribution < -0.4 is 20.1 Å². The first-order valence-electron chi connectivity index (χ1n) is 11.4. The van der Waals surface area contributed by atoms with Crippen LogP contribution in [0.5, 0.6) is 11.5 Å². The van der Waals surface area contributed by atoms with Gasteiger partial charge >= 0.3 is 0 Å². The second-order valence-electron chi connectivity index (χ2n) is 8.16. The number of fused-ring (bicyclic) bond motifs is 1. The summed E-state index contributed by atoms with van der Waals surface area (Å²) in [4.78, 5) is 6.97. The molecule has 1 aromatic rings. The summed E-state index contributed by atoms with van der Waals surface area (Å²) < 4.78 is 22.4.